The van der Waals surface area contributed by atoms with Crippen LogP contribution >= 0.6 is 0 Å². The highest BCUT2D eigenvalue weighted by Gasteiger charge is 2.16. The number of aromatic carboxylic acids is 1. The van der Waals surface area contributed by atoms with E-state index in [1.165, 1.54) is 6.07 Å². The molecule has 0 radical (unpaired) electrons. The maximum absolute atomic E-state index is 11.0. The lowest BCUT2D eigenvalue weighted by Crippen LogP contribution is -2.24. The van der Waals surface area contributed by atoms with E-state index in [-0.39, 0.29) is 11.2 Å². The van der Waals surface area contributed by atoms with E-state index >= 15 is 0 Å². The van der Waals surface area contributed by atoms with Gasteiger partial charge in [0.1, 0.15) is 5.75 Å². The Hall–Kier alpha value is -1.59. The van der Waals surface area contributed by atoms with Gasteiger partial charge < -0.3 is 19.3 Å². The molecule has 0 spiro atoms. The number of hydrogen-bond donors (Lipinski definition) is 1. The Balaban J connectivity index is 2.62. The molecule has 0 aliphatic carbocycles. The first-order chi connectivity index (χ1) is 9.39. The number of carboxylic acids is 1. The zero-order valence-electron chi connectivity index (χ0n) is 12.4. The lowest BCUT2D eigenvalue weighted by atomic mass is 10.1. The minimum Gasteiger partial charge on any atom is -0.496 e. The van der Waals surface area contributed by atoms with Crippen LogP contribution in [0.5, 0.6) is 5.75 Å². The van der Waals surface area contributed by atoms with E-state index in [0.717, 1.165) is 12.0 Å². The van der Waals surface area contributed by atoms with Crippen molar-refractivity contribution in [1.82, 2.24) is 0 Å². The van der Waals surface area contributed by atoms with Crippen LogP contribution in [-0.4, -0.2) is 37.5 Å². The number of hydrogen-bond acceptors (Lipinski definition) is 4. The lowest BCUT2D eigenvalue weighted by Gasteiger charge is -2.22. The monoisotopic (exact) mass is 282 g/mol. The first-order valence-corrected chi connectivity index (χ1v) is 6.42. The van der Waals surface area contributed by atoms with E-state index < -0.39 is 5.97 Å². The van der Waals surface area contributed by atoms with Gasteiger partial charge in [0.05, 0.1) is 24.9 Å². The summed E-state index contributed by atoms with van der Waals surface area (Å²) >= 11 is 0. The Morgan fingerprint density at radius 2 is 2.00 bits per heavy atom. The molecule has 0 aliphatic heterocycles. The minimum atomic E-state index is -0.964. The van der Waals surface area contributed by atoms with Gasteiger partial charge in [-0.3, -0.25) is 0 Å². The maximum atomic E-state index is 11.0. The third kappa shape index (κ3) is 4.83. The molecule has 0 atom stereocenters. The third-order valence-electron chi connectivity index (χ3n) is 3.19. The van der Waals surface area contributed by atoms with Crippen LogP contribution in [0.1, 0.15) is 36.2 Å². The molecule has 0 saturated carbocycles. The van der Waals surface area contributed by atoms with Crippen molar-refractivity contribution in [2.24, 2.45) is 0 Å². The van der Waals surface area contributed by atoms with E-state index in [9.17, 15) is 4.79 Å². The topological polar surface area (TPSA) is 65.0 Å². The summed E-state index contributed by atoms with van der Waals surface area (Å²) in [6.45, 7) is 4.81. The Labute approximate surface area is 119 Å². The second-order valence-corrected chi connectivity index (χ2v) is 5.10. The molecule has 0 amide bonds. The second-order valence-electron chi connectivity index (χ2n) is 5.10. The van der Waals surface area contributed by atoms with Crippen LogP contribution in [0.4, 0.5) is 0 Å². The van der Waals surface area contributed by atoms with E-state index in [2.05, 4.69) is 0 Å². The van der Waals surface area contributed by atoms with E-state index in [0.29, 0.717) is 19.0 Å². The molecule has 0 aromatic heterocycles. The van der Waals surface area contributed by atoms with Crippen molar-refractivity contribution in [3.8, 4) is 5.75 Å². The van der Waals surface area contributed by atoms with Gasteiger partial charge in [0.2, 0.25) is 0 Å². The molecular weight excluding hydrogens is 260 g/mol. The standard InChI is InChI=1S/C15H22O5/c1-15(2,19-4)7-8-20-10-12-9-11(14(16)17)5-6-13(12)18-3/h5-6,9H,7-8,10H2,1-4H3,(H,16,17). The molecule has 1 aromatic rings. The van der Waals surface area contributed by atoms with Crippen molar-refractivity contribution in [3.63, 3.8) is 0 Å². The van der Waals surface area contributed by atoms with Gasteiger partial charge in [-0.1, -0.05) is 0 Å². The van der Waals surface area contributed by atoms with Gasteiger partial charge in [-0.15, -0.1) is 0 Å². The van der Waals surface area contributed by atoms with Crippen LogP contribution in [0.3, 0.4) is 0 Å². The van der Waals surface area contributed by atoms with Crippen molar-refractivity contribution < 1.29 is 24.1 Å². The summed E-state index contributed by atoms with van der Waals surface area (Å²) < 4.78 is 16.1. The van der Waals surface area contributed by atoms with Crippen molar-refractivity contribution in [2.75, 3.05) is 20.8 Å². The zero-order chi connectivity index (χ0) is 15.2. The lowest BCUT2D eigenvalue weighted by molar-refractivity contribution is -0.0126. The molecule has 1 N–H and O–H groups in total. The number of benzene rings is 1. The summed E-state index contributed by atoms with van der Waals surface area (Å²) in [6, 6.07) is 4.72. The quantitative estimate of drug-likeness (QED) is 0.743. The summed E-state index contributed by atoms with van der Waals surface area (Å²) in [5.41, 5.74) is 0.719. The zero-order valence-corrected chi connectivity index (χ0v) is 12.4. The largest absolute Gasteiger partial charge is 0.496 e. The minimum absolute atomic E-state index is 0.224. The summed E-state index contributed by atoms with van der Waals surface area (Å²) in [5.74, 6) is -0.338. The van der Waals surface area contributed by atoms with Gasteiger partial charge in [0, 0.05) is 19.3 Å². The van der Waals surface area contributed by atoms with Crippen molar-refractivity contribution in [3.05, 3.63) is 29.3 Å². The fourth-order valence-corrected chi connectivity index (χ4v) is 1.63. The van der Waals surface area contributed by atoms with Gasteiger partial charge in [0.25, 0.3) is 0 Å². The average Bonchev–Trinajstić information content (AvgIpc) is 2.43. The van der Waals surface area contributed by atoms with Crippen molar-refractivity contribution >= 4 is 5.97 Å². The van der Waals surface area contributed by atoms with Crippen LogP contribution in [-0.2, 0) is 16.1 Å². The molecule has 5 nitrogen and oxygen atoms in total. The fraction of sp³-hybridized carbons (Fsp3) is 0.533. The molecule has 5 heteroatoms. The molecule has 0 unspecified atom stereocenters. The normalized spacial score (nSPS) is 11.4. The van der Waals surface area contributed by atoms with Crippen LogP contribution in [0, 0.1) is 0 Å². The maximum Gasteiger partial charge on any atom is 0.335 e. The number of ether oxygens (including phenoxy) is 3. The molecule has 20 heavy (non-hydrogen) atoms. The molecular formula is C15H22O5. The van der Waals surface area contributed by atoms with E-state index in [1.54, 1.807) is 26.4 Å². The predicted octanol–water partition coefficient (Wildman–Crippen LogP) is 2.73. The summed E-state index contributed by atoms with van der Waals surface area (Å²) in [7, 11) is 3.21. The molecule has 0 bridgehead atoms. The number of methoxy groups -OCH3 is 2. The molecule has 1 rings (SSSR count). The Kier molecular flexibility index (Phi) is 5.98. The summed E-state index contributed by atoms with van der Waals surface area (Å²) in [5, 5.41) is 8.98. The Bertz CT molecular complexity index is 454. The van der Waals surface area contributed by atoms with Crippen LogP contribution in [0.15, 0.2) is 18.2 Å². The smallest absolute Gasteiger partial charge is 0.335 e. The summed E-state index contributed by atoms with van der Waals surface area (Å²) in [4.78, 5) is 11.0. The van der Waals surface area contributed by atoms with E-state index in [1.807, 2.05) is 13.8 Å². The summed E-state index contributed by atoms with van der Waals surface area (Å²) in [6.07, 6.45) is 0.754. The second kappa shape index (κ2) is 7.26. The van der Waals surface area contributed by atoms with Crippen LogP contribution < -0.4 is 4.74 Å². The predicted molar refractivity (Wildman–Crippen MR) is 75.3 cm³/mol. The number of carbonyl (C=O) groups is 1. The van der Waals surface area contributed by atoms with Gasteiger partial charge in [-0.05, 0) is 38.5 Å². The van der Waals surface area contributed by atoms with Crippen LogP contribution in [0.25, 0.3) is 0 Å². The SMILES string of the molecule is COc1ccc(C(=O)O)cc1COCCC(C)(C)OC. The molecule has 0 heterocycles. The van der Waals surface area contributed by atoms with Gasteiger partial charge in [-0.25, -0.2) is 4.79 Å². The highest BCUT2D eigenvalue weighted by atomic mass is 16.5. The van der Waals surface area contributed by atoms with E-state index in [4.69, 9.17) is 19.3 Å². The molecule has 0 aliphatic rings. The van der Waals surface area contributed by atoms with Gasteiger partial charge in [0.15, 0.2) is 0 Å². The first-order valence-electron chi connectivity index (χ1n) is 6.42. The van der Waals surface area contributed by atoms with Crippen LogP contribution in [0.2, 0.25) is 0 Å². The van der Waals surface area contributed by atoms with Gasteiger partial charge in [-0.2, -0.15) is 0 Å². The third-order valence-corrected chi connectivity index (χ3v) is 3.19. The average molecular weight is 282 g/mol. The molecule has 0 fully saturated rings. The number of rotatable bonds is 8. The highest BCUT2D eigenvalue weighted by molar-refractivity contribution is 5.88. The van der Waals surface area contributed by atoms with Gasteiger partial charge >= 0.3 is 5.97 Å². The molecule has 1 aromatic carbocycles. The Morgan fingerprint density at radius 3 is 2.55 bits per heavy atom. The Morgan fingerprint density at radius 1 is 1.30 bits per heavy atom. The van der Waals surface area contributed by atoms with Crippen molar-refractivity contribution in [1.29, 1.82) is 0 Å². The molecule has 112 valence electrons. The molecule has 0 saturated heterocycles. The highest BCUT2D eigenvalue weighted by Crippen LogP contribution is 2.21. The number of carboxylic acid groups (broad SMARTS) is 1. The first kappa shape index (κ1) is 16.5. The fourth-order valence-electron chi connectivity index (χ4n) is 1.63. The van der Waals surface area contributed by atoms with Crippen molar-refractivity contribution in [2.45, 2.75) is 32.5 Å².